The molecule has 1 aliphatic carbocycles. The van der Waals surface area contributed by atoms with Gasteiger partial charge in [0.1, 0.15) is 16.9 Å². The number of nitrogens with one attached hydrogen (secondary N) is 2. The van der Waals surface area contributed by atoms with Crippen molar-refractivity contribution in [1.29, 1.82) is 5.26 Å². The number of carbonyl (C=O) groups is 1. The van der Waals surface area contributed by atoms with Gasteiger partial charge in [-0.05, 0) is 68.0 Å². The van der Waals surface area contributed by atoms with E-state index in [-0.39, 0.29) is 11.6 Å². The molecule has 1 fully saturated rings. The highest BCUT2D eigenvalue weighted by molar-refractivity contribution is 5.94. The lowest BCUT2D eigenvalue weighted by atomic mass is 10.1. The molecule has 0 atom stereocenters. The molecule has 1 amide bonds. The summed E-state index contributed by atoms with van der Waals surface area (Å²) in [6, 6.07) is 20.2. The van der Waals surface area contributed by atoms with Gasteiger partial charge in [-0.1, -0.05) is 30.3 Å². The SMILES string of the molecule is CC(C)(C#N)NC(=O)c1cccc(-c2cnc3[nH]c(-c4ccc(C5CC5)cc4)cc3c2)n1. The van der Waals surface area contributed by atoms with Crippen LogP contribution >= 0.6 is 0 Å². The summed E-state index contributed by atoms with van der Waals surface area (Å²) < 4.78 is 0. The highest BCUT2D eigenvalue weighted by atomic mass is 16.2. The monoisotopic (exact) mass is 421 g/mol. The maximum absolute atomic E-state index is 12.5. The van der Waals surface area contributed by atoms with Crippen molar-refractivity contribution in [3.63, 3.8) is 0 Å². The summed E-state index contributed by atoms with van der Waals surface area (Å²) in [6.45, 7) is 3.30. The molecule has 0 saturated heterocycles. The second-order valence-corrected chi connectivity index (χ2v) is 8.84. The average molecular weight is 422 g/mol. The number of rotatable bonds is 5. The lowest BCUT2D eigenvalue weighted by Crippen LogP contribution is -2.42. The first-order valence-electron chi connectivity index (χ1n) is 10.7. The fourth-order valence-corrected chi connectivity index (χ4v) is 3.76. The Bertz CT molecular complexity index is 1360. The zero-order valence-corrected chi connectivity index (χ0v) is 18.0. The van der Waals surface area contributed by atoms with Crippen LogP contribution in [-0.2, 0) is 0 Å². The van der Waals surface area contributed by atoms with Gasteiger partial charge in [0.25, 0.3) is 5.91 Å². The number of pyridine rings is 2. The third-order valence-electron chi connectivity index (χ3n) is 5.72. The predicted molar refractivity (Wildman–Crippen MR) is 124 cm³/mol. The second-order valence-electron chi connectivity index (χ2n) is 8.84. The van der Waals surface area contributed by atoms with E-state index in [0.717, 1.165) is 33.8 Å². The highest BCUT2D eigenvalue weighted by Crippen LogP contribution is 2.40. The third-order valence-corrected chi connectivity index (χ3v) is 5.72. The summed E-state index contributed by atoms with van der Waals surface area (Å²) >= 11 is 0. The van der Waals surface area contributed by atoms with E-state index in [1.54, 1.807) is 32.2 Å². The van der Waals surface area contributed by atoms with Gasteiger partial charge in [-0.15, -0.1) is 0 Å². The number of H-pyrrole nitrogens is 1. The molecule has 0 radical (unpaired) electrons. The molecule has 2 N–H and O–H groups in total. The van der Waals surface area contributed by atoms with E-state index in [2.05, 4.69) is 56.7 Å². The van der Waals surface area contributed by atoms with Crippen LogP contribution in [0.2, 0.25) is 0 Å². The summed E-state index contributed by atoms with van der Waals surface area (Å²) in [6.07, 6.45) is 4.35. The van der Waals surface area contributed by atoms with Crippen LogP contribution in [0.25, 0.3) is 33.5 Å². The molecular formula is C26H23N5O. The van der Waals surface area contributed by atoms with E-state index >= 15 is 0 Å². The molecule has 4 aromatic rings. The molecule has 1 aromatic carbocycles. The van der Waals surface area contributed by atoms with Gasteiger partial charge in [0.05, 0.1) is 11.8 Å². The van der Waals surface area contributed by atoms with Gasteiger partial charge in [-0.2, -0.15) is 5.26 Å². The minimum atomic E-state index is -0.965. The van der Waals surface area contributed by atoms with E-state index < -0.39 is 5.54 Å². The molecule has 0 aliphatic heterocycles. The molecule has 32 heavy (non-hydrogen) atoms. The van der Waals surface area contributed by atoms with Crippen LogP contribution in [0.15, 0.2) is 60.8 Å². The Morgan fingerprint density at radius 1 is 1.12 bits per heavy atom. The Morgan fingerprint density at radius 2 is 1.91 bits per heavy atom. The normalized spacial score (nSPS) is 13.7. The Labute approximate surface area is 186 Å². The maximum atomic E-state index is 12.5. The molecule has 158 valence electrons. The van der Waals surface area contributed by atoms with Crippen molar-refractivity contribution in [2.45, 2.75) is 38.1 Å². The number of aromatic nitrogens is 3. The first-order valence-corrected chi connectivity index (χ1v) is 10.7. The first-order chi connectivity index (χ1) is 15.4. The van der Waals surface area contributed by atoms with Gasteiger partial charge in [0.2, 0.25) is 0 Å². The standard InChI is InChI=1S/C26H23N5O/c1-26(2,15-27)31-25(32)22-5-3-4-21(29-22)20-12-19-13-23(30-24(19)28-14-20)18-10-8-17(9-11-18)16-6-7-16/h3-5,8-14,16H,6-7H2,1-2H3,(H,28,30)(H,31,32). The van der Waals surface area contributed by atoms with Crippen molar-refractivity contribution >= 4 is 16.9 Å². The van der Waals surface area contributed by atoms with Crippen molar-refractivity contribution in [3.8, 4) is 28.6 Å². The molecule has 5 rings (SSSR count). The van der Waals surface area contributed by atoms with Crippen LogP contribution in [0.5, 0.6) is 0 Å². The van der Waals surface area contributed by atoms with E-state index in [1.165, 1.54) is 18.4 Å². The number of nitriles is 1. The quantitative estimate of drug-likeness (QED) is 0.463. The second kappa shape index (κ2) is 7.61. The molecular weight excluding hydrogens is 398 g/mol. The van der Waals surface area contributed by atoms with Gasteiger partial charge in [-0.3, -0.25) is 4.79 Å². The van der Waals surface area contributed by atoms with Crippen molar-refractivity contribution in [2.75, 3.05) is 0 Å². The Morgan fingerprint density at radius 3 is 2.62 bits per heavy atom. The van der Waals surface area contributed by atoms with Crippen LogP contribution < -0.4 is 5.32 Å². The first kappa shape index (κ1) is 20.0. The van der Waals surface area contributed by atoms with Crippen LogP contribution in [0.4, 0.5) is 0 Å². The zero-order valence-electron chi connectivity index (χ0n) is 18.0. The summed E-state index contributed by atoms with van der Waals surface area (Å²) in [4.78, 5) is 25.0. The van der Waals surface area contributed by atoms with Crippen molar-refractivity contribution in [1.82, 2.24) is 20.3 Å². The van der Waals surface area contributed by atoms with Gasteiger partial charge >= 0.3 is 0 Å². The predicted octanol–water partition coefficient (Wildman–Crippen LogP) is 5.20. The molecule has 0 unspecified atom stereocenters. The Kier molecular flexibility index (Phi) is 4.75. The Hall–Kier alpha value is -3.98. The van der Waals surface area contributed by atoms with Crippen molar-refractivity contribution < 1.29 is 4.79 Å². The highest BCUT2D eigenvalue weighted by Gasteiger charge is 2.23. The van der Waals surface area contributed by atoms with Gasteiger partial charge in [-0.25, -0.2) is 9.97 Å². The number of hydrogen-bond acceptors (Lipinski definition) is 4. The molecule has 6 nitrogen and oxygen atoms in total. The molecule has 6 heteroatoms. The van der Waals surface area contributed by atoms with Crippen LogP contribution in [0.3, 0.4) is 0 Å². The minimum Gasteiger partial charge on any atom is -0.339 e. The molecule has 0 bridgehead atoms. The number of nitrogens with zero attached hydrogens (tertiary/aromatic N) is 3. The van der Waals surface area contributed by atoms with Gasteiger partial charge < -0.3 is 10.3 Å². The summed E-state index contributed by atoms with van der Waals surface area (Å²) in [5, 5.41) is 12.8. The smallest absolute Gasteiger partial charge is 0.271 e. The lowest BCUT2D eigenvalue weighted by Gasteiger charge is -2.17. The molecule has 3 heterocycles. The Balaban J connectivity index is 1.42. The third kappa shape index (κ3) is 3.97. The van der Waals surface area contributed by atoms with Crippen LogP contribution in [-0.4, -0.2) is 26.4 Å². The number of benzene rings is 1. The molecule has 1 saturated carbocycles. The summed E-state index contributed by atoms with van der Waals surface area (Å²) in [7, 11) is 0. The van der Waals surface area contributed by atoms with Crippen LogP contribution in [0, 0.1) is 11.3 Å². The van der Waals surface area contributed by atoms with E-state index in [4.69, 9.17) is 5.26 Å². The maximum Gasteiger partial charge on any atom is 0.271 e. The van der Waals surface area contributed by atoms with Crippen molar-refractivity contribution in [2.24, 2.45) is 0 Å². The lowest BCUT2D eigenvalue weighted by molar-refractivity contribution is 0.0924. The number of amides is 1. The fraction of sp³-hybridized carbons (Fsp3) is 0.231. The molecule has 1 aliphatic rings. The van der Waals surface area contributed by atoms with Crippen LogP contribution in [0.1, 0.15) is 48.7 Å². The fourth-order valence-electron chi connectivity index (χ4n) is 3.76. The number of carbonyl (C=O) groups excluding carboxylic acids is 1. The number of aromatic amines is 1. The zero-order chi connectivity index (χ0) is 22.3. The molecule has 3 aromatic heterocycles. The number of fused-ring (bicyclic) bond motifs is 1. The number of hydrogen-bond donors (Lipinski definition) is 2. The topological polar surface area (TPSA) is 94.5 Å². The van der Waals surface area contributed by atoms with Crippen molar-refractivity contribution in [3.05, 3.63) is 72.1 Å². The largest absolute Gasteiger partial charge is 0.339 e. The summed E-state index contributed by atoms with van der Waals surface area (Å²) in [5.74, 6) is 0.360. The van der Waals surface area contributed by atoms with E-state index in [9.17, 15) is 4.79 Å². The van der Waals surface area contributed by atoms with E-state index in [1.807, 2.05) is 12.1 Å². The van der Waals surface area contributed by atoms with Gasteiger partial charge in [0, 0.05) is 22.8 Å². The summed E-state index contributed by atoms with van der Waals surface area (Å²) in [5.41, 5.74) is 5.14. The average Bonchev–Trinajstić information content (AvgIpc) is 3.57. The molecule has 0 spiro atoms. The van der Waals surface area contributed by atoms with Gasteiger partial charge in [0.15, 0.2) is 0 Å². The minimum absolute atomic E-state index is 0.261. The van der Waals surface area contributed by atoms with E-state index in [0.29, 0.717) is 5.69 Å².